The largest absolute Gasteiger partial charge is 0.280 e. The zero-order chi connectivity index (χ0) is 16.1. The summed E-state index contributed by atoms with van der Waals surface area (Å²) in [6.45, 7) is 0. The fourth-order valence-corrected chi connectivity index (χ4v) is 3.04. The summed E-state index contributed by atoms with van der Waals surface area (Å²) in [6, 6.07) is 26.6. The van der Waals surface area contributed by atoms with Crippen LogP contribution in [0, 0.1) is 10.1 Å². The van der Waals surface area contributed by atoms with Gasteiger partial charge in [-0.05, 0) is 48.3 Å². The molecule has 0 aliphatic heterocycles. The number of non-ortho nitro benzene ring substituents is 1. The second kappa shape index (κ2) is 6.98. The van der Waals surface area contributed by atoms with Crippen molar-refractivity contribution in [1.82, 2.24) is 0 Å². The smallest absolute Gasteiger partial charge is 0.269 e. The monoisotopic (exact) mass is 322 g/mol. The Labute approximate surface area is 138 Å². The number of hydrogen-bond donors (Lipinski definition) is 0. The molecule has 0 aliphatic rings. The van der Waals surface area contributed by atoms with Crippen LogP contribution < -0.4 is 4.31 Å². The van der Waals surface area contributed by atoms with Gasteiger partial charge < -0.3 is 0 Å². The SMILES string of the molecule is O=[N+]([O-])c1ccc(SN(c2ccccc2)c2ccccc2)cc1. The van der Waals surface area contributed by atoms with E-state index in [0.717, 1.165) is 16.3 Å². The van der Waals surface area contributed by atoms with Crippen LogP contribution in [0.15, 0.2) is 89.8 Å². The maximum absolute atomic E-state index is 10.8. The van der Waals surface area contributed by atoms with Gasteiger partial charge in [-0.2, -0.15) is 0 Å². The molecule has 3 aromatic rings. The highest BCUT2D eigenvalue weighted by molar-refractivity contribution is 8.01. The van der Waals surface area contributed by atoms with Gasteiger partial charge in [0.05, 0.1) is 16.3 Å². The average Bonchev–Trinajstić information content (AvgIpc) is 2.61. The first-order valence-corrected chi connectivity index (χ1v) is 7.84. The van der Waals surface area contributed by atoms with Crippen LogP contribution in [0.1, 0.15) is 0 Å². The molecular formula is C18H14N2O2S. The van der Waals surface area contributed by atoms with Gasteiger partial charge in [-0.1, -0.05) is 36.4 Å². The van der Waals surface area contributed by atoms with Crippen LogP contribution in [0.3, 0.4) is 0 Å². The Bertz CT molecular complexity index is 738. The van der Waals surface area contributed by atoms with Crippen molar-refractivity contribution >= 4 is 29.0 Å². The van der Waals surface area contributed by atoms with E-state index in [1.807, 2.05) is 60.7 Å². The lowest BCUT2D eigenvalue weighted by molar-refractivity contribution is -0.384. The molecule has 0 N–H and O–H groups in total. The Balaban J connectivity index is 1.92. The number of benzene rings is 3. The van der Waals surface area contributed by atoms with Crippen LogP contribution >= 0.6 is 11.9 Å². The topological polar surface area (TPSA) is 46.4 Å². The Morgan fingerprint density at radius 2 is 1.22 bits per heavy atom. The number of hydrogen-bond acceptors (Lipinski definition) is 4. The molecule has 0 amide bonds. The Morgan fingerprint density at radius 1 is 0.739 bits per heavy atom. The highest BCUT2D eigenvalue weighted by Crippen LogP contribution is 2.36. The first kappa shape index (κ1) is 15.1. The molecule has 0 atom stereocenters. The van der Waals surface area contributed by atoms with Gasteiger partial charge in [-0.25, -0.2) is 0 Å². The lowest BCUT2D eigenvalue weighted by Gasteiger charge is -2.23. The molecule has 23 heavy (non-hydrogen) atoms. The van der Waals surface area contributed by atoms with Crippen molar-refractivity contribution in [2.45, 2.75) is 4.90 Å². The van der Waals surface area contributed by atoms with Gasteiger partial charge in [0.25, 0.3) is 5.69 Å². The maximum Gasteiger partial charge on any atom is 0.269 e. The Hall–Kier alpha value is -2.79. The summed E-state index contributed by atoms with van der Waals surface area (Å²) in [7, 11) is 0. The van der Waals surface area contributed by atoms with Gasteiger partial charge in [-0.3, -0.25) is 14.4 Å². The average molecular weight is 322 g/mol. The van der Waals surface area contributed by atoms with Crippen molar-refractivity contribution in [3.8, 4) is 0 Å². The van der Waals surface area contributed by atoms with Crippen LogP contribution in [0.5, 0.6) is 0 Å². The van der Waals surface area contributed by atoms with Gasteiger partial charge in [-0.15, -0.1) is 0 Å². The highest BCUT2D eigenvalue weighted by Gasteiger charge is 2.12. The predicted octanol–water partition coefficient (Wildman–Crippen LogP) is 5.44. The number of nitro benzene ring substituents is 1. The normalized spacial score (nSPS) is 10.3. The van der Waals surface area contributed by atoms with Crippen molar-refractivity contribution in [1.29, 1.82) is 0 Å². The number of para-hydroxylation sites is 2. The van der Waals surface area contributed by atoms with E-state index < -0.39 is 0 Å². The summed E-state index contributed by atoms with van der Waals surface area (Å²) in [5.41, 5.74) is 2.18. The Kier molecular flexibility index (Phi) is 4.59. The lowest BCUT2D eigenvalue weighted by Crippen LogP contribution is -2.06. The molecule has 0 aromatic heterocycles. The second-order valence-corrected chi connectivity index (χ2v) is 5.83. The molecular weight excluding hydrogens is 308 g/mol. The van der Waals surface area contributed by atoms with Crippen LogP contribution in [0.2, 0.25) is 0 Å². The van der Waals surface area contributed by atoms with E-state index in [-0.39, 0.29) is 10.6 Å². The van der Waals surface area contributed by atoms with Gasteiger partial charge in [0.1, 0.15) is 0 Å². The summed E-state index contributed by atoms with van der Waals surface area (Å²) >= 11 is 1.53. The molecule has 0 bridgehead atoms. The van der Waals surface area contributed by atoms with E-state index in [0.29, 0.717) is 0 Å². The summed E-state index contributed by atoms with van der Waals surface area (Å²) in [5, 5.41) is 10.8. The van der Waals surface area contributed by atoms with E-state index in [1.165, 1.54) is 24.1 Å². The maximum atomic E-state index is 10.8. The van der Waals surface area contributed by atoms with Crippen LogP contribution in [0.4, 0.5) is 17.1 Å². The van der Waals surface area contributed by atoms with Crippen LogP contribution in [-0.4, -0.2) is 4.92 Å². The standard InChI is InChI=1S/C18H14N2O2S/c21-20(22)17-11-13-18(14-12-17)23-19(15-7-3-1-4-8-15)16-9-5-2-6-10-16/h1-14H. The third-order valence-corrected chi connectivity index (χ3v) is 4.31. The molecule has 0 saturated heterocycles. The molecule has 3 rings (SSSR count). The third-order valence-electron chi connectivity index (χ3n) is 3.23. The molecule has 4 nitrogen and oxygen atoms in total. The van der Waals surface area contributed by atoms with Crippen molar-refractivity contribution in [2.75, 3.05) is 4.31 Å². The summed E-state index contributed by atoms with van der Waals surface area (Å²) in [6.07, 6.45) is 0. The zero-order valence-electron chi connectivity index (χ0n) is 12.2. The minimum atomic E-state index is -0.388. The predicted molar refractivity (Wildman–Crippen MR) is 94.0 cm³/mol. The molecule has 0 heterocycles. The summed E-state index contributed by atoms with van der Waals surface area (Å²) in [5.74, 6) is 0. The van der Waals surface area contributed by atoms with E-state index in [4.69, 9.17) is 0 Å². The van der Waals surface area contributed by atoms with E-state index >= 15 is 0 Å². The van der Waals surface area contributed by atoms with Crippen LogP contribution in [-0.2, 0) is 0 Å². The fourth-order valence-electron chi connectivity index (χ4n) is 2.12. The molecule has 0 aliphatic carbocycles. The first-order chi connectivity index (χ1) is 11.2. The summed E-state index contributed by atoms with van der Waals surface area (Å²) < 4.78 is 2.10. The first-order valence-electron chi connectivity index (χ1n) is 7.07. The van der Waals surface area contributed by atoms with E-state index in [2.05, 4.69) is 4.31 Å². The van der Waals surface area contributed by atoms with Crippen molar-refractivity contribution in [3.05, 3.63) is 95.0 Å². The molecule has 0 fully saturated rings. The zero-order valence-corrected chi connectivity index (χ0v) is 13.0. The minimum absolute atomic E-state index is 0.0975. The molecule has 114 valence electrons. The summed E-state index contributed by atoms with van der Waals surface area (Å²) in [4.78, 5) is 11.3. The molecule has 0 spiro atoms. The van der Waals surface area contributed by atoms with E-state index in [9.17, 15) is 10.1 Å². The van der Waals surface area contributed by atoms with Crippen molar-refractivity contribution < 1.29 is 4.92 Å². The number of rotatable bonds is 5. The fraction of sp³-hybridized carbons (Fsp3) is 0. The Morgan fingerprint density at radius 3 is 1.65 bits per heavy atom. The van der Waals surface area contributed by atoms with Gasteiger partial charge in [0, 0.05) is 17.0 Å². The van der Waals surface area contributed by atoms with Crippen molar-refractivity contribution in [3.63, 3.8) is 0 Å². The molecule has 0 saturated carbocycles. The van der Waals surface area contributed by atoms with Gasteiger partial charge >= 0.3 is 0 Å². The number of anilines is 2. The van der Waals surface area contributed by atoms with Crippen molar-refractivity contribution in [2.24, 2.45) is 0 Å². The molecule has 3 aromatic carbocycles. The minimum Gasteiger partial charge on any atom is -0.280 e. The molecule has 0 unspecified atom stereocenters. The number of nitrogens with zero attached hydrogens (tertiary/aromatic N) is 2. The number of nitro groups is 1. The lowest BCUT2D eigenvalue weighted by atomic mass is 10.3. The quantitative estimate of drug-likeness (QED) is 0.356. The third kappa shape index (κ3) is 3.70. The van der Waals surface area contributed by atoms with Crippen LogP contribution in [0.25, 0.3) is 0 Å². The highest BCUT2D eigenvalue weighted by atomic mass is 32.2. The second-order valence-electron chi connectivity index (χ2n) is 4.81. The van der Waals surface area contributed by atoms with Gasteiger partial charge in [0.15, 0.2) is 0 Å². The molecule has 0 radical (unpaired) electrons. The molecule has 5 heteroatoms. The van der Waals surface area contributed by atoms with E-state index in [1.54, 1.807) is 12.1 Å². The van der Waals surface area contributed by atoms with Gasteiger partial charge in [0.2, 0.25) is 0 Å².